The second-order valence-electron chi connectivity index (χ2n) is 15.2. The van der Waals surface area contributed by atoms with E-state index in [0.717, 1.165) is 66.8 Å². The number of rotatable bonds is 8. The number of benzene rings is 6. The van der Waals surface area contributed by atoms with Crippen LogP contribution in [-0.2, 0) is 0 Å². The van der Waals surface area contributed by atoms with E-state index in [1.54, 1.807) is 12.4 Å². The largest absolute Gasteiger partial charge is 0.478 e. The first-order valence-electron chi connectivity index (χ1n) is 20.6. The summed E-state index contributed by atoms with van der Waals surface area (Å²) >= 11 is 0. The molecule has 11 rings (SSSR count). The molecule has 0 amide bonds. The molecule has 9 aromatic rings. The minimum atomic E-state index is -0.342. The maximum absolute atomic E-state index is 6.96. The van der Waals surface area contributed by atoms with Crippen molar-refractivity contribution in [3.8, 4) is 101 Å². The van der Waals surface area contributed by atoms with Crippen LogP contribution in [0.4, 0.5) is 0 Å². The minimum absolute atomic E-state index is 0.323. The fourth-order valence-electron chi connectivity index (χ4n) is 8.07. The number of aromatic nitrogens is 5. The Hall–Kier alpha value is -8.29. The average molecular weight is 800 g/mol. The van der Waals surface area contributed by atoms with Crippen molar-refractivity contribution in [3.05, 3.63) is 213 Å². The molecular formula is C55H37N5O2. The van der Waals surface area contributed by atoms with Gasteiger partial charge in [0.2, 0.25) is 0 Å². The Morgan fingerprint density at radius 2 is 0.726 bits per heavy atom. The molecule has 0 N–H and O–H groups in total. The van der Waals surface area contributed by atoms with Gasteiger partial charge in [0.1, 0.15) is 0 Å². The van der Waals surface area contributed by atoms with Gasteiger partial charge in [-0.2, -0.15) is 0 Å². The number of fused-ring (bicyclic) bond motifs is 2. The SMILES string of the molecule is C1=CC2Oc3c(-c4cc(-c5cccnc5)cc(-c5cccnc5)c4)ccc(-c4nc(-c5ccc(-c6ccccc6)cc5)nc(-c5ccc(-c6ccccc6)cc5)n4)c3OC2C=C1. The molecule has 0 fully saturated rings. The quantitative estimate of drug-likeness (QED) is 0.151. The van der Waals surface area contributed by atoms with Gasteiger partial charge in [0, 0.05) is 52.6 Å². The van der Waals surface area contributed by atoms with E-state index in [0.29, 0.717) is 34.5 Å². The van der Waals surface area contributed by atoms with Crippen LogP contribution in [0.1, 0.15) is 0 Å². The van der Waals surface area contributed by atoms with E-state index in [1.165, 1.54) is 0 Å². The highest BCUT2D eigenvalue weighted by atomic mass is 16.6. The van der Waals surface area contributed by atoms with Crippen molar-refractivity contribution in [1.82, 2.24) is 24.9 Å². The van der Waals surface area contributed by atoms with Crippen LogP contribution in [0.3, 0.4) is 0 Å². The first-order valence-corrected chi connectivity index (χ1v) is 20.6. The summed E-state index contributed by atoms with van der Waals surface area (Å²) in [5.41, 5.74) is 12.8. The summed E-state index contributed by atoms with van der Waals surface area (Å²) in [4.78, 5) is 24.3. The normalized spacial score (nSPS) is 14.9. The number of pyridine rings is 2. The summed E-state index contributed by atoms with van der Waals surface area (Å²) in [6.45, 7) is 0. The lowest BCUT2D eigenvalue weighted by molar-refractivity contribution is 0.0769. The molecule has 0 saturated carbocycles. The predicted octanol–water partition coefficient (Wildman–Crippen LogP) is 12.6. The zero-order valence-corrected chi connectivity index (χ0v) is 33.4. The molecule has 62 heavy (non-hydrogen) atoms. The van der Waals surface area contributed by atoms with E-state index >= 15 is 0 Å². The molecule has 0 radical (unpaired) electrons. The lowest BCUT2D eigenvalue weighted by atomic mass is 9.92. The van der Waals surface area contributed by atoms with Crippen LogP contribution in [0, 0.1) is 0 Å². The van der Waals surface area contributed by atoms with Crippen LogP contribution in [-0.4, -0.2) is 37.1 Å². The van der Waals surface area contributed by atoms with Crippen LogP contribution in [0.15, 0.2) is 213 Å². The van der Waals surface area contributed by atoms with Gasteiger partial charge in [-0.3, -0.25) is 9.97 Å². The molecule has 0 bridgehead atoms. The summed E-state index contributed by atoms with van der Waals surface area (Å²) < 4.78 is 13.9. The summed E-state index contributed by atoms with van der Waals surface area (Å²) in [7, 11) is 0. The first-order chi connectivity index (χ1) is 30.7. The Morgan fingerprint density at radius 3 is 1.21 bits per heavy atom. The maximum Gasteiger partial charge on any atom is 0.174 e. The number of ether oxygens (including phenoxy) is 2. The highest BCUT2D eigenvalue weighted by Crippen LogP contribution is 2.49. The molecule has 6 aromatic carbocycles. The van der Waals surface area contributed by atoms with Gasteiger partial charge >= 0.3 is 0 Å². The van der Waals surface area contributed by atoms with E-state index in [2.05, 4.69) is 119 Å². The van der Waals surface area contributed by atoms with E-state index in [1.807, 2.05) is 91.3 Å². The Bertz CT molecular complexity index is 2940. The molecular weight excluding hydrogens is 763 g/mol. The van der Waals surface area contributed by atoms with E-state index < -0.39 is 0 Å². The fourth-order valence-corrected chi connectivity index (χ4v) is 8.07. The molecule has 0 saturated heterocycles. The summed E-state index contributed by atoms with van der Waals surface area (Å²) in [5, 5.41) is 0. The van der Waals surface area contributed by atoms with Gasteiger partial charge in [0.25, 0.3) is 0 Å². The van der Waals surface area contributed by atoms with E-state index in [9.17, 15) is 0 Å². The summed E-state index contributed by atoms with van der Waals surface area (Å²) in [6.07, 6.45) is 14.7. The molecule has 1 aliphatic heterocycles. The van der Waals surface area contributed by atoms with Gasteiger partial charge in [-0.05, 0) is 93.6 Å². The molecule has 2 aliphatic rings. The molecule has 3 aromatic heterocycles. The van der Waals surface area contributed by atoms with Crippen LogP contribution < -0.4 is 9.47 Å². The van der Waals surface area contributed by atoms with Crippen LogP contribution in [0.25, 0.3) is 89.8 Å². The monoisotopic (exact) mass is 799 g/mol. The van der Waals surface area contributed by atoms with E-state index in [-0.39, 0.29) is 12.2 Å². The second-order valence-corrected chi connectivity index (χ2v) is 15.2. The Balaban J connectivity index is 1.08. The Labute approximate surface area is 359 Å². The third-order valence-electron chi connectivity index (χ3n) is 11.3. The van der Waals surface area contributed by atoms with Gasteiger partial charge in [-0.15, -0.1) is 0 Å². The second kappa shape index (κ2) is 16.0. The van der Waals surface area contributed by atoms with Crippen molar-refractivity contribution in [2.45, 2.75) is 12.2 Å². The molecule has 7 nitrogen and oxygen atoms in total. The minimum Gasteiger partial charge on any atom is -0.478 e. The topological polar surface area (TPSA) is 82.9 Å². The fraction of sp³-hybridized carbons (Fsp3) is 0.0364. The van der Waals surface area contributed by atoms with Gasteiger partial charge < -0.3 is 9.47 Å². The van der Waals surface area contributed by atoms with Gasteiger partial charge in [-0.25, -0.2) is 15.0 Å². The number of nitrogens with zero attached hydrogens (tertiary/aromatic N) is 5. The zero-order chi connectivity index (χ0) is 41.2. The first kappa shape index (κ1) is 36.8. The zero-order valence-electron chi connectivity index (χ0n) is 33.4. The van der Waals surface area contributed by atoms with Crippen molar-refractivity contribution in [2.75, 3.05) is 0 Å². The Morgan fingerprint density at radius 1 is 0.323 bits per heavy atom. The third-order valence-corrected chi connectivity index (χ3v) is 11.3. The molecule has 2 atom stereocenters. The van der Waals surface area contributed by atoms with Crippen molar-refractivity contribution in [2.24, 2.45) is 0 Å². The van der Waals surface area contributed by atoms with Crippen molar-refractivity contribution >= 4 is 0 Å². The van der Waals surface area contributed by atoms with Crippen LogP contribution in [0.5, 0.6) is 11.5 Å². The van der Waals surface area contributed by atoms with Gasteiger partial charge in [-0.1, -0.05) is 133 Å². The van der Waals surface area contributed by atoms with E-state index in [4.69, 9.17) is 24.4 Å². The third kappa shape index (κ3) is 7.22. The summed E-state index contributed by atoms with van der Waals surface area (Å²) in [6, 6.07) is 56.1. The lowest BCUT2D eigenvalue weighted by Crippen LogP contribution is -2.38. The lowest BCUT2D eigenvalue weighted by Gasteiger charge is -2.34. The standard InChI is InChI=1S/C55H37N5O2/c1-3-11-36(12-4-1)38-19-23-40(24-20-38)53-58-54(41-25-21-39(22-26-41)37-13-5-2-6-14-37)60-55(59-53)48-28-27-47(51-52(48)62-50-18-8-7-17-49(50)61-51)46-32-44(42-15-9-29-56-34-42)31-45(33-46)43-16-10-30-57-35-43/h1-35,49-50H. The van der Waals surface area contributed by atoms with Gasteiger partial charge in [0.05, 0.1) is 5.56 Å². The highest BCUT2D eigenvalue weighted by molar-refractivity contribution is 5.87. The molecule has 294 valence electrons. The number of hydrogen-bond donors (Lipinski definition) is 0. The number of hydrogen-bond acceptors (Lipinski definition) is 7. The molecule has 7 heteroatoms. The van der Waals surface area contributed by atoms with Crippen molar-refractivity contribution in [1.29, 1.82) is 0 Å². The molecule has 0 spiro atoms. The maximum atomic E-state index is 6.96. The van der Waals surface area contributed by atoms with Crippen molar-refractivity contribution < 1.29 is 9.47 Å². The van der Waals surface area contributed by atoms with Crippen LogP contribution >= 0.6 is 0 Å². The molecule has 2 unspecified atom stereocenters. The summed E-state index contributed by atoms with van der Waals surface area (Å²) in [5.74, 6) is 2.77. The van der Waals surface area contributed by atoms with Gasteiger partial charge in [0.15, 0.2) is 41.2 Å². The Kier molecular flexibility index (Phi) is 9.52. The van der Waals surface area contributed by atoms with Crippen molar-refractivity contribution in [3.63, 3.8) is 0 Å². The predicted molar refractivity (Wildman–Crippen MR) is 246 cm³/mol. The smallest absolute Gasteiger partial charge is 0.174 e. The average Bonchev–Trinajstić information content (AvgIpc) is 3.36. The molecule has 4 heterocycles. The highest BCUT2D eigenvalue weighted by Gasteiger charge is 2.34. The number of allylic oxidation sites excluding steroid dienone is 2. The molecule has 1 aliphatic carbocycles. The van der Waals surface area contributed by atoms with Crippen LogP contribution in [0.2, 0.25) is 0 Å².